The van der Waals surface area contributed by atoms with Gasteiger partial charge in [0, 0.05) is 19.6 Å². The predicted molar refractivity (Wildman–Crippen MR) is 91.9 cm³/mol. The Morgan fingerprint density at radius 3 is 2.17 bits per heavy atom. The third-order valence-corrected chi connectivity index (χ3v) is 6.46. The number of halogens is 1. The van der Waals surface area contributed by atoms with Crippen LogP contribution in [0.15, 0.2) is 0 Å². The maximum absolute atomic E-state index is 10.2. The lowest BCUT2D eigenvalue weighted by Gasteiger charge is -2.56. The van der Waals surface area contributed by atoms with Crippen LogP contribution in [-0.4, -0.2) is 62.2 Å². The quantitative estimate of drug-likeness (QED) is 0.802. The molecule has 0 spiro atoms. The minimum atomic E-state index is -0.355. The molecule has 0 aromatic carbocycles. The molecule has 134 valence electrons. The van der Waals surface area contributed by atoms with Crippen molar-refractivity contribution in [2.24, 2.45) is 23.2 Å². The van der Waals surface area contributed by atoms with Crippen LogP contribution in [0.3, 0.4) is 0 Å². The van der Waals surface area contributed by atoms with Crippen LogP contribution >= 0.6 is 12.4 Å². The molecule has 0 radical (unpaired) electrons. The summed E-state index contributed by atoms with van der Waals surface area (Å²) >= 11 is 0. The first-order chi connectivity index (χ1) is 10.7. The van der Waals surface area contributed by atoms with E-state index in [1.165, 1.54) is 38.5 Å². The van der Waals surface area contributed by atoms with Gasteiger partial charge in [0.1, 0.15) is 0 Å². The summed E-state index contributed by atoms with van der Waals surface area (Å²) in [5.74, 6) is 2.94. The van der Waals surface area contributed by atoms with Crippen molar-refractivity contribution in [3.05, 3.63) is 0 Å². The Bertz CT molecular complexity index is 351. The van der Waals surface area contributed by atoms with Crippen LogP contribution in [0.25, 0.3) is 0 Å². The molecule has 5 aliphatic rings. The Morgan fingerprint density at radius 2 is 1.61 bits per heavy atom. The van der Waals surface area contributed by atoms with E-state index in [1.54, 1.807) is 0 Å². The van der Waals surface area contributed by atoms with Gasteiger partial charge in [-0.1, -0.05) is 0 Å². The largest absolute Gasteiger partial charge is 0.389 e. The van der Waals surface area contributed by atoms with E-state index in [0.29, 0.717) is 12.0 Å². The molecule has 23 heavy (non-hydrogen) atoms. The van der Waals surface area contributed by atoms with E-state index in [2.05, 4.69) is 4.90 Å². The van der Waals surface area contributed by atoms with E-state index in [4.69, 9.17) is 9.47 Å². The SMILES string of the molecule is Cl.OC(COCC12CC3CC(CC(C3)C1)C2)CN1CCOCC1. The zero-order valence-corrected chi connectivity index (χ0v) is 14.9. The van der Waals surface area contributed by atoms with Crippen molar-refractivity contribution in [3.8, 4) is 0 Å². The molecule has 1 saturated heterocycles. The Balaban J connectivity index is 0.00000156. The average Bonchev–Trinajstić information content (AvgIpc) is 2.46. The lowest BCUT2D eigenvalue weighted by molar-refractivity contribution is -0.108. The number of β-amino-alcohol motifs (C(OH)–C–C–N with tert-alkyl or cyclic N) is 1. The second-order valence-electron chi connectivity index (χ2n) is 8.50. The van der Waals surface area contributed by atoms with Gasteiger partial charge in [0.2, 0.25) is 0 Å². The molecule has 1 unspecified atom stereocenters. The minimum Gasteiger partial charge on any atom is -0.389 e. The topological polar surface area (TPSA) is 41.9 Å². The van der Waals surface area contributed by atoms with Crippen LogP contribution in [0.4, 0.5) is 0 Å². The molecule has 4 saturated carbocycles. The summed E-state index contributed by atoms with van der Waals surface area (Å²) in [5, 5.41) is 10.2. The third kappa shape index (κ3) is 4.21. The number of hydrogen-bond donors (Lipinski definition) is 1. The highest BCUT2D eigenvalue weighted by Gasteiger charge is 2.50. The van der Waals surface area contributed by atoms with Gasteiger partial charge >= 0.3 is 0 Å². The summed E-state index contributed by atoms with van der Waals surface area (Å²) in [7, 11) is 0. The molecular weight excluding hydrogens is 314 g/mol. The summed E-state index contributed by atoms with van der Waals surface area (Å²) in [6.45, 7) is 5.57. The van der Waals surface area contributed by atoms with Crippen molar-refractivity contribution in [1.82, 2.24) is 4.90 Å². The molecule has 5 heteroatoms. The number of hydrogen-bond acceptors (Lipinski definition) is 4. The van der Waals surface area contributed by atoms with Gasteiger partial charge in [-0.15, -0.1) is 12.4 Å². The second-order valence-corrected chi connectivity index (χ2v) is 8.50. The summed E-state index contributed by atoms with van der Waals surface area (Å²) in [6.07, 6.45) is 8.26. The lowest BCUT2D eigenvalue weighted by atomic mass is 9.50. The first-order valence-electron chi connectivity index (χ1n) is 9.27. The van der Waals surface area contributed by atoms with E-state index in [0.717, 1.165) is 57.2 Å². The molecule has 0 amide bonds. The van der Waals surface area contributed by atoms with Gasteiger partial charge < -0.3 is 14.6 Å². The second kappa shape index (κ2) is 7.57. The minimum absolute atomic E-state index is 0. The van der Waals surface area contributed by atoms with Gasteiger partial charge in [0.25, 0.3) is 0 Å². The van der Waals surface area contributed by atoms with Gasteiger partial charge in [-0.05, 0) is 61.7 Å². The Labute approximate surface area is 146 Å². The molecule has 5 rings (SSSR count). The first kappa shape index (κ1) is 17.9. The van der Waals surface area contributed by atoms with Crippen molar-refractivity contribution in [3.63, 3.8) is 0 Å². The number of rotatable bonds is 6. The van der Waals surface area contributed by atoms with Crippen LogP contribution in [0, 0.1) is 23.2 Å². The maximum atomic E-state index is 10.2. The highest BCUT2D eigenvalue weighted by molar-refractivity contribution is 5.85. The summed E-state index contributed by atoms with van der Waals surface area (Å²) in [5.41, 5.74) is 0.466. The van der Waals surface area contributed by atoms with Crippen molar-refractivity contribution in [2.45, 2.75) is 44.6 Å². The van der Waals surface area contributed by atoms with E-state index >= 15 is 0 Å². The number of morpholine rings is 1. The fourth-order valence-electron chi connectivity index (χ4n) is 6.01. The van der Waals surface area contributed by atoms with Gasteiger partial charge in [-0.3, -0.25) is 4.90 Å². The first-order valence-corrected chi connectivity index (χ1v) is 9.27. The molecule has 4 aliphatic carbocycles. The van der Waals surface area contributed by atoms with E-state index in [-0.39, 0.29) is 18.5 Å². The Kier molecular flexibility index (Phi) is 5.90. The molecule has 1 heterocycles. The standard InChI is InChI=1S/C18H31NO3.ClH/c20-17(11-19-1-3-21-4-2-19)12-22-13-18-8-14-5-15(9-18)7-16(6-14)10-18;/h14-17,20H,1-13H2;1H. The fourth-order valence-corrected chi connectivity index (χ4v) is 6.01. The maximum Gasteiger partial charge on any atom is 0.0900 e. The molecule has 1 atom stereocenters. The molecule has 4 nitrogen and oxygen atoms in total. The van der Waals surface area contributed by atoms with E-state index in [1.807, 2.05) is 0 Å². The lowest BCUT2D eigenvalue weighted by Crippen LogP contribution is -2.48. The van der Waals surface area contributed by atoms with Crippen LogP contribution in [0.2, 0.25) is 0 Å². The van der Waals surface area contributed by atoms with E-state index in [9.17, 15) is 5.11 Å². The number of nitrogens with zero attached hydrogens (tertiary/aromatic N) is 1. The van der Waals surface area contributed by atoms with Crippen molar-refractivity contribution in [2.75, 3.05) is 46.1 Å². The van der Waals surface area contributed by atoms with Crippen LogP contribution in [0.1, 0.15) is 38.5 Å². The number of ether oxygens (including phenoxy) is 2. The van der Waals surface area contributed by atoms with Gasteiger partial charge in [-0.25, -0.2) is 0 Å². The molecular formula is C18H32ClNO3. The molecule has 5 fully saturated rings. The molecule has 1 aliphatic heterocycles. The zero-order valence-electron chi connectivity index (χ0n) is 14.1. The van der Waals surface area contributed by atoms with Crippen molar-refractivity contribution >= 4 is 12.4 Å². The highest BCUT2D eigenvalue weighted by atomic mass is 35.5. The van der Waals surface area contributed by atoms with Gasteiger partial charge in [-0.2, -0.15) is 0 Å². The Morgan fingerprint density at radius 1 is 1.04 bits per heavy atom. The summed E-state index contributed by atoms with van der Waals surface area (Å²) in [4.78, 5) is 2.28. The highest BCUT2D eigenvalue weighted by Crippen LogP contribution is 2.60. The van der Waals surface area contributed by atoms with Gasteiger partial charge in [0.15, 0.2) is 0 Å². The predicted octanol–water partition coefficient (Wildman–Crippen LogP) is 2.33. The number of aliphatic hydroxyl groups excluding tert-OH is 1. The molecule has 4 bridgehead atoms. The van der Waals surface area contributed by atoms with Gasteiger partial charge in [0.05, 0.1) is 32.5 Å². The van der Waals surface area contributed by atoms with Crippen LogP contribution < -0.4 is 0 Å². The zero-order chi connectivity index (χ0) is 15.0. The monoisotopic (exact) mass is 345 g/mol. The van der Waals surface area contributed by atoms with Crippen LogP contribution in [-0.2, 0) is 9.47 Å². The summed E-state index contributed by atoms with van der Waals surface area (Å²) in [6, 6.07) is 0. The number of aliphatic hydroxyl groups is 1. The molecule has 0 aromatic rings. The van der Waals surface area contributed by atoms with Crippen molar-refractivity contribution in [1.29, 1.82) is 0 Å². The molecule has 0 aromatic heterocycles. The van der Waals surface area contributed by atoms with E-state index < -0.39 is 0 Å². The smallest absolute Gasteiger partial charge is 0.0900 e. The summed E-state index contributed by atoms with van der Waals surface area (Å²) < 4.78 is 11.4. The van der Waals surface area contributed by atoms with Crippen LogP contribution in [0.5, 0.6) is 0 Å². The third-order valence-electron chi connectivity index (χ3n) is 6.46. The normalized spacial score (nSPS) is 40.8. The Hall–Kier alpha value is 0.130. The average molecular weight is 346 g/mol. The van der Waals surface area contributed by atoms with Crippen molar-refractivity contribution < 1.29 is 14.6 Å². The molecule has 1 N–H and O–H groups in total. The fraction of sp³-hybridized carbons (Fsp3) is 1.00.